The molecule has 0 heterocycles. The second-order valence-corrected chi connectivity index (χ2v) is 6.27. The Balaban J connectivity index is 2.16. The van der Waals surface area contributed by atoms with Gasteiger partial charge in [-0.1, -0.05) is 41.4 Å². The zero-order valence-corrected chi connectivity index (χ0v) is 15.0. The van der Waals surface area contributed by atoms with Crippen LogP contribution in [0.15, 0.2) is 42.5 Å². The minimum absolute atomic E-state index is 0.0457. The average molecular weight is 370 g/mol. The van der Waals surface area contributed by atoms with Gasteiger partial charge in [0.05, 0.1) is 10.0 Å². The van der Waals surface area contributed by atoms with Gasteiger partial charge in [0.15, 0.2) is 0 Å². The molecule has 0 fully saturated rings. The lowest BCUT2D eigenvalue weighted by Gasteiger charge is -2.19. The smallest absolute Gasteiger partial charge is 0.223 e. The molecule has 0 radical (unpaired) electrons. The highest BCUT2D eigenvalue weighted by molar-refractivity contribution is 7.80. The summed E-state index contributed by atoms with van der Waals surface area (Å²) in [4.78, 5) is 13.6. The fourth-order valence-electron chi connectivity index (χ4n) is 2.03. The van der Waals surface area contributed by atoms with E-state index in [0.29, 0.717) is 40.3 Å². The minimum atomic E-state index is 0.0457. The van der Waals surface area contributed by atoms with Gasteiger partial charge in [-0.15, -0.1) is 0 Å². The first-order valence-corrected chi connectivity index (χ1v) is 8.45. The Bertz CT molecular complexity index is 694. The molecule has 0 aromatic heterocycles. The van der Waals surface area contributed by atoms with Gasteiger partial charge >= 0.3 is 0 Å². The predicted octanol–water partition coefficient (Wildman–Crippen LogP) is 5.06. The Hall–Kier alpha value is -1.36. The van der Waals surface area contributed by atoms with Crippen molar-refractivity contribution < 1.29 is 9.53 Å². The van der Waals surface area contributed by atoms with Crippen LogP contribution in [0.4, 0.5) is 0 Å². The van der Waals surface area contributed by atoms with Gasteiger partial charge in [0.1, 0.15) is 11.5 Å². The normalized spacial score (nSPS) is 10.4. The Kier molecular flexibility index (Phi) is 6.63. The minimum Gasteiger partial charge on any atom is -0.457 e. The first-order chi connectivity index (χ1) is 11.0. The molecule has 0 atom stereocenters. The molecule has 0 unspecified atom stereocenters. The lowest BCUT2D eigenvalue weighted by Crippen LogP contribution is -2.26. The summed E-state index contributed by atoms with van der Waals surface area (Å²) in [7, 11) is 1.77. The van der Waals surface area contributed by atoms with Gasteiger partial charge in [0.2, 0.25) is 5.91 Å². The van der Waals surface area contributed by atoms with Crippen LogP contribution in [0.2, 0.25) is 10.0 Å². The van der Waals surface area contributed by atoms with Crippen molar-refractivity contribution in [1.82, 2.24) is 4.90 Å². The summed E-state index contributed by atoms with van der Waals surface area (Å²) in [5.74, 6) is 1.85. The number of hydrogen-bond acceptors (Lipinski definition) is 3. The molecule has 0 N–H and O–H groups in total. The van der Waals surface area contributed by atoms with Crippen LogP contribution in [0.1, 0.15) is 12.0 Å². The lowest BCUT2D eigenvalue weighted by atomic mass is 10.2. The predicted molar refractivity (Wildman–Crippen MR) is 97.9 cm³/mol. The Morgan fingerprint density at radius 1 is 1.17 bits per heavy atom. The fraction of sp³-hybridized carbons (Fsp3) is 0.235. The van der Waals surface area contributed by atoms with Crippen molar-refractivity contribution in [1.29, 1.82) is 0 Å². The van der Waals surface area contributed by atoms with Crippen LogP contribution < -0.4 is 4.74 Å². The molecule has 122 valence electrons. The summed E-state index contributed by atoms with van der Waals surface area (Å²) in [6.45, 7) is 0.462. The molecule has 0 aliphatic heterocycles. The number of benzene rings is 2. The average Bonchev–Trinajstić information content (AvgIpc) is 2.53. The maximum absolute atomic E-state index is 11.9. The molecule has 6 heteroatoms. The molecule has 0 saturated carbocycles. The fourth-order valence-corrected chi connectivity index (χ4v) is 2.51. The molecule has 2 aromatic carbocycles. The van der Waals surface area contributed by atoms with Crippen molar-refractivity contribution in [2.75, 3.05) is 12.8 Å². The lowest BCUT2D eigenvalue weighted by molar-refractivity contribution is -0.129. The van der Waals surface area contributed by atoms with E-state index in [1.807, 2.05) is 24.3 Å². The van der Waals surface area contributed by atoms with Crippen molar-refractivity contribution in [2.24, 2.45) is 0 Å². The molecular weight excluding hydrogens is 353 g/mol. The van der Waals surface area contributed by atoms with Gasteiger partial charge in [-0.3, -0.25) is 4.79 Å². The third-order valence-electron chi connectivity index (χ3n) is 3.25. The van der Waals surface area contributed by atoms with Crippen LogP contribution in [0.5, 0.6) is 11.5 Å². The third kappa shape index (κ3) is 5.06. The maximum Gasteiger partial charge on any atom is 0.223 e. The van der Waals surface area contributed by atoms with Crippen molar-refractivity contribution in [2.45, 2.75) is 13.0 Å². The van der Waals surface area contributed by atoms with Gasteiger partial charge < -0.3 is 9.64 Å². The van der Waals surface area contributed by atoms with Crippen molar-refractivity contribution in [3.05, 3.63) is 58.1 Å². The number of hydrogen-bond donors (Lipinski definition) is 1. The van der Waals surface area contributed by atoms with E-state index in [9.17, 15) is 4.79 Å². The van der Waals surface area contributed by atoms with Crippen LogP contribution in [0, 0.1) is 0 Å². The maximum atomic E-state index is 11.9. The molecule has 2 aromatic rings. The number of carbonyl (C=O) groups excluding carboxylic acids is 1. The molecule has 0 spiro atoms. The van der Waals surface area contributed by atoms with Gasteiger partial charge in [0, 0.05) is 31.6 Å². The van der Waals surface area contributed by atoms with E-state index in [1.165, 1.54) is 0 Å². The highest BCUT2D eigenvalue weighted by Gasteiger charge is 2.12. The van der Waals surface area contributed by atoms with Crippen molar-refractivity contribution in [3.8, 4) is 11.5 Å². The number of para-hydroxylation sites is 1. The van der Waals surface area contributed by atoms with E-state index in [2.05, 4.69) is 12.6 Å². The number of thiol groups is 1. The van der Waals surface area contributed by atoms with E-state index in [0.717, 1.165) is 5.56 Å². The van der Waals surface area contributed by atoms with Crippen LogP contribution in [0.3, 0.4) is 0 Å². The van der Waals surface area contributed by atoms with Gasteiger partial charge in [0.25, 0.3) is 0 Å². The van der Waals surface area contributed by atoms with Crippen LogP contribution in [-0.2, 0) is 11.3 Å². The number of nitrogens with zero attached hydrogens (tertiary/aromatic N) is 1. The van der Waals surface area contributed by atoms with Crippen LogP contribution in [0.25, 0.3) is 0 Å². The SMILES string of the molecule is CN(Cc1ccccc1Oc1ccc(Cl)c(Cl)c1)C(=O)CCS. The van der Waals surface area contributed by atoms with Gasteiger partial charge in [-0.25, -0.2) is 0 Å². The summed E-state index contributed by atoms with van der Waals surface area (Å²) in [6.07, 6.45) is 0.412. The number of carbonyl (C=O) groups is 1. The molecular formula is C17H17Cl2NO2S. The Morgan fingerprint density at radius 3 is 2.61 bits per heavy atom. The molecule has 0 saturated heterocycles. The molecule has 2 rings (SSSR count). The molecule has 3 nitrogen and oxygen atoms in total. The first kappa shape index (κ1) is 18.0. The second-order valence-electron chi connectivity index (χ2n) is 5.01. The Morgan fingerprint density at radius 2 is 1.91 bits per heavy atom. The Labute approximate surface area is 151 Å². The second kappa shape index (κ2) is 8.48. The highest BCUT2D eigenvalue weighted by atomic mass is 35.5. The van der Waals surface area contributed by atoms with Crippen molar-refractivity contribution >= 4 is 41.7 Å². The largest absolute Gasteiger partial charge is 0.457 e. The van der Waals surface area contributed by atoms with Crippen LogP contribution in [-0.4, -0.2) is 23.6 Å². The first-order valence-electron chi connectivity index (χ1n) is 7.07. The van der Waals surface area contributed by atoms with E-state index in [4.69, 9.17) is 27.9 Å². The molecule has 0 aliphatic rings. The van der Waals surface area contributed by atoms with E-state index < -0.39 is 0 Å². The zero-order chi connectivity index (χ0) is 16.8. The summed E-state index contributed by atoms with van der Waals surface area (Å²) in [6, 6.07) is 12.7. The number of amides is 1. The quantitative estimate of drug-likeness (QED) is 0.720. The summed E-state index contributed by atoms with van der Waals surface area (Å²) < 4.78 is 5.89. The monoisotopic (exact) mass is 369 g/mol. The van der Waals surface area contributed by atoms with E-state index >= 15 is 0 Å². The summed E-state index contributed by atoms with van der Waals surface area (Å²) >= 11 is 16.0. The van der Waals surface area contributed by atoms with Crippen LogP contribution >= 0.6 is 35.8 Å². The number of ether oxygens (including phenoxy) is 1. The number of halogens is 2. The van der Waals surface area contributed by atoms with E-state index in [-0.39, 0.29) is 5.91 Å². The number of rotatable bonds is 6. The van der Waals surface area contributed by atoms with Gasteiger partial charge in [-0.05, 0) is 24.0 Å². The topological polar surface area (TPSA) is 29.5 Å². The zero-order valence-electron chi connectivity index (χ0n) is 12.6. The molecule has 1 amide bonds. The standard InChI is InChI=1S/C17H17Cl2NO2S/c1-20(17(21)8-9-23)11-12-4-2-3-5-16(12)22-13-6-7-14(18)15(19)10-13/h2-7,10,23H,8-9,11H2,1H3. The van der Waals surface area contributed by atoms with E-state index in [1.54, 1.807) is 30.1 Å². The third-order valence-corrected chi connectivity index (χ3v) is 4.21. The summed E-state index contributed by atoms with van der Waals surface area (Å²) in [5.41, 5.74) is 0.911. The summed E-state index contributed by atoms with van der Waals surface area (Å²) in [5, 5.41) is 0.909. The molecule has 23 heavy (non-hydrogen) atoms. The molecule has 0 aliphatic carbocycles. The van der Waals surface area contributed by atoms with Crippen molar-refractivity contribution in [3.63, 3.8) is 0 Å². The highest BCUT2D eigenvalue weighted by Crippen LogP contribution is 2.31. The molecule has 0 bridgehead atoms. The van der Waals surface area contributed by atoms with Gasteiger partial charge in [-0.2, -0.15) is 12.6 Å².